The number of rotatable bonds is 9. The van der Waals surface area contributed by atoms with Crippen molar-refractivity contribution in [1.82, 2.24) is 0 Å². The molecule has 2 unspecified atom stereocenters. The number of hydrogen-bond acceptors (Lipinski definition) is 8. The van der Waals surface area contributed by atoms with E-state index in [1.807, 2.05) is 0 Å². The van der Waals surface area contributed by atoms with Gasteiger partial charge in [0.15, 0.2) is 0 Å². The maximum atomic E-state index is 11.3. The summed E-state index contributed by atoms with van der Waals surface area (Å²) >= 11 is 0. The van der Waals surface area contributed by atoms with Gasteiger partial charge in [0, 0.05) is 0 Å². The highest BCUT2D eigenvalue weighted by Crippen LogP contribution is 2.12. The first-order valence-electron chi connectivity index (χ1n) is 5.34. The van der Waals surface area contributed by atoms with E-state index in [1.165, 1.54) is 0 Å². The van der Waals surface area contributed by atoms with Crippen LogP contribution in [0.3, 0.4) is 0 Å². The van der Waals surface area contributed by atoms with Gasteiger partial charge in [0.2, 0.25) is 0 Å². The minimum absolute atomic E-state index is 0.0703. The van der Waals surface area contributed by atoms with Gasteiger partial charge in [-0.3, -0.25) is 8.37 Å². The molecule has 2 rings (SSSR count). The van der Waals surface area contributed by atoms with Crippen LogP contribution in [0.25, 0.3) is 0 Å². The lowest BCUT2D eigenvalue weighted by Crippen LogP contribution is -2.23. The lowest BCUT2D eigenvalue weighted by molar-refractivity contribution is 0.263. The average Bonchev–Trinajstić information content (AvgIpc) is 3.16. The largest absolute Gasteiger partial charge is 0.371 e. The van der Waals surface area contributed by atoms with Crippen molar-refractivity contribution in [3.8, 4) is 0 Å². The van der Waals surface area contributed by atoms with E-state index in [0.717, 1.165) is 0 Å². The number of ether oxygens (including phenoxy) is 2. The molecule has 0 N–H and O–H groups in total. The molecule has 2 fully saturated rings. The van der Waals surface area contributed by atoms with Gasteiger partial charge in [-0.2, -0.15) is 16.8 Å². The summed E-state index contributed by atoms with van der Waals surface area (Å²) in [5.74, 6) is -1.26. The molecule has 0 aromatic carbocycles. The average molecular weight is 302 g/mol. The first-order chi connectivity index (χ1) is 8.36. The van der Waals surface area contributed by atoms with E-state index < -0.39 is 31.7 Å². The molecule has 0 aliphatic carbocycles. The van der Waals surface area contributed by atoms with Crippen molar-refractivity contribution in [2.75, 3.05) is 37.9 Å². The number of hydrogen-bond donors (Lipinski definition) is 0. The molecule has 2 heterocycles. The second-order valence-corrected chi connectivity index (χ2v) is 7.52. The maximum Gasteiger partial charge on any atom is 0.268 e. The van der Waals surface area contributed by atoms with Gasteiger partial charge in [-0.25, -0.2) is 0 Å². The highest BCUT2D eigenvalue weighted by Gasteiger charge is 2.28. The first-order valence-corrected chi connectivity index (χ1v) is 8.49. The lowest BCUT2D eigenvalue weighted by Gasteiger charge is -2.05. The van der Waals surface area contributed by atoms with Crippen LogP contribution in [0.1, 0.15) is 0 Å². The molecule has 2 saturated heterocycles. The van der Waals surface area contributed by atoms with E-state index in [4.69, 9.17) is 9.47 Å². The Morgan fingerprint density at radius 3 is 1.44 bits per heavy atom. The van der Waals surface area contributed by atoms with Gasteiger partial charge in [-0.05, 0) is 0 Å². The Labute approximate surface area is 105 Å². The van der Waals surface area contributed by atoms with Crippen molar-refractivity contribution in [2.45, 2.75) is 12.2 Å². The highest BCUT2D eigenvalue weighted by atomic mass is 32.2. The normalized spacial score (nSPS) is 27.1. The predicted octanol–water partition coefficient (Wildman–Crippen LogP) is -1.52. The van der Waals surface area contributed by atoms with E-state index in [-0.39, 0.29) is 25.4 Å². The summed E-state index contributed by atoms with van der Waals surface area (Å²) < 4.78 is 64.1. The van der Waals surface area contributed by atoms with Gasteiger partial charge in [-0.1, -0.05) is 0 Å². The van der Waals surface area contributed by atoms with Crippen LogP contribution in [-0.2, 0) is 38.1 Å². The minimum atomic E-state index is -3.86. The van der Waals surface area contributed by atoms with Crippen molar-refractivity contribution >= 4 is 20.2 Å². The molecule has 0 spiro atoms. The van der Waals surface area contributed by atoms with Gasteiger partial charge in [0.05, 0.1) is 37.9 Å². The van der Waals surface area contributed by atoms with E-state index in [0.29, 0.717) is 13.2 Å². The van der Waals surface area contributed by atoms with E-state index >= 15 is 0 Å². The maximum absolute atomic E-state index is 11.3. The molecule has 0 aromatic rings. The summed E-state index contributed by atoms with van der Waals surface area (Å²) in [4.78, 5) is 0. The summed E-state index contributed by atoms with van der Waals surface area (Å²) in [7, 11) is -7.73. The molecule has 0 aromatic heterocycles. The van der Waals surface area contributed by atoms with Crippen molar-refractivity contribution in [3.63, 3.8) is 0 Å². The molecule has 2 atom stereocenters. The Bertz CT molecular complexity index is 427. The predicted molar refractivity (Wildman–Crippen MR) is 59.0 cm³/mol. The molecule has 18 heavy (non-hydrogen) atoms. The quantitative estimate of drug-likeness (QED) is 0.373. The van der Waals surface area contributed by atoms with Gasteiger partial charge < -0.3 is 9.47 Å². The second kappa shape index (κ2) is 5.39. The molecule has 8 nitrogen and oxygen atoms in total. The van der Waals surface area contributed by atoms with Gasteiger partial charge in [0.1, 0.15) is 12.2 Å². The van der Waals surface area contributed by atoms with Crippen molar-refractivity contribution < 1.29 is 34.7 Å². The molecule has 2 aliphatic rings. The molecular formula is C8H14O8S2. The second-order valence-electron chi connectivity index (χ2n) is 4.00. The molecule has 0 saturated carbocycles. The fourth-order valence-electron chi connectivity index (χ4n) is 1.01. The van der Waals surface area contributed by atoms with Crippen LogP contribution < -0.4 is 0 Å². The summed E-state index contributed by atoms with van der Waals surface area (Å²) in [5.41, 5.74) is 0. The molecule has 2 aliphatic heterocycles. The van der Waals surface area contributed by atoms with Gasteiger partial charge in [0.25, 0.3) is 20.2 Å². The first kappa shape index (κ1) is 14.2. The fraction of sp³-hybridized carbons (Fsp3) is 1.00. The van der Waals surface area contributed by atoms with Crippen LogP contribution in [0, 0.1) is 0 Å². The third-order valence-electron chi connectivity index (χ3n) is 2.26. The van der Waals surface area contributed by atoms with Crippen LogP contribution in [-0.4, -0.2) is 67.0 Å². The molecule has 106 valence electrons. The zero-order chi connectivity index (χ0) is 13.2. The van der Waals surface area contributed by atoms with Crippen LogP contribution in [0.2, 0.25) is 0 Å². The molecule has 0 radical (unpaired) electrons. The van der Waals surface area contributed by atoms with Gasteiger partial charge in [-0.15, -0.1) is 0 Å². The Morgan fingerprint density at radius 1 is 0.833 bits per heavy atom. The topological polar surface area (TPSA) is 112 Å². The van der Waals surface area contributed by atoms with Crippen molar-refractivity contribution in [3.05, 3.63) is 0 Å². The lowest BCUT2D eigenvalue weighted by atomic mass is 10.5. The Kier molecular flexibility index (Phi) is 4.24. The van der Waals surface area contributed by atoms with Crippen LogP contribution in [0.5, 0.6) is 0 Å². The third kappa shape index (κ3) is 5.59. The number of epoxide rings is 2. The van der Waals surface area contributed by atoms with Crippen LogP contribution >= 0.6 is 0 Å². The minimum Gasteiger partial charge on any atom is -0.371 e. The summed E-state index contributed by atoms with van der Waals surface area (Å²) in [6.07, 6.45) is -0.390. The summed E-state index contributed by atoms with van der Waals surface area (Å²) in [5, 5.41) is 0. The third-order valence-corrected chi connectivity index (χ3v) is 4.91. The zero-order valence-corrected chi connectivity index (χ0v) is 11.1. The Balaban J connectivity index is 1.70. The SMILES string of the molecule is O=S(=O)(CCS(=O)(=O)OCC1CO1)OCC1CO1. The molecule has 10 heteroatoms. The van der Waals surface area contributed by atoms with E-state index in [9.17, 15) is 16.8 Å². The molecule has 0 bridgehead atoms. The fourth-order valence-corrected chi connectivity index (χ4v) is 3.60. The Morgan fingerprint density at radius 2 is 1.17 bits per heavy atom. The monoisotopic (exact) mass is 302 g/mol. The molecule has 0 amide bonds. The van der Waals surface area contributed by atoms with Crippen LogP contribution in [0.4, 0.5) is 0 Å². The highest BCUT2D eigenvalue weighted by molar-refractivity contribution is 7.90. The summed E-state index contributed by atoms with van der Waals surface area (Å²) in [6, 6.07) is 0. The Hall–Kier alpha value is -0.260. The standard InChI is InChI=1S/C8H14O8S2/c9-17(10,15-5-7-3-13-7)1-2-18(11,12)16-6-8-4-14-8/h7-8H,1-6H2. The smallest absolute Gasteiger partial charge is 0.268 e. The zero-order valence-electron chi connectivity index (χ0n) is 9.48. The van der Waals surface area contributed by atoms with Crippen LogP contribution in [0.15, 0.2) is 0 Å². The van der Waals surface area contributed by atoms with Crippen molar-refractivity contribution in [2.24, 2.45) is 0 Å². The van der Waals surface area contributed by atoms with Gasteiger partial charge >= 0.3 is 0 Å². The summed E-state index contributed by atoms with van der Waals surface area (Å²) in [6.45, 7) is 0.801. The van der Waals surface area contributed by atoms with E-state index in [2.05, 4.69) is 8.37 Å². The van der Waals surface area contributed by atoms with Crippen molar-refractivity contribution in [1.29, 1.82) is 0 Å². The van der Waals surface area contributed by atoms with E-state index in [1.54, 1.807) is 0 Å². The molecular weight excluding hydrogens is 288 g/mol.